The van der Waals surface area contributed by atoms with E-state index in [1.807, 2.05) is 0 Å². The summed E-state index contributed by atoms with van der Waals surface area (Å²) in [6.07, 6.45) is -1.19. The van der Waals surface area contributed by atoms with Gasteiger partial charge in [-0.05, 0) is 104 Å². The van der Waals surface area contributed by atoms with Gasteiger partial charge in [0.15, 0.2) is 0 Å². The Bertz CT molecular complexity index is 2560. The molecule has 2 atom stereocenters. The SMILES string of the molecule is CCOC(=O)CN1CCN(CC2CN(c3ccc(C(=N)NC(=O)c4ccc(F)cc4)cc3)C(=O)O2)CC1.CS(=O)(=O)OCC1CN(c2ccc(C(=N)NC(=O)c3ccc(F)cc3)cc2)C(=O)O1. The number of halogens is 2. The predicted octanol–water partition coefficient (Wildman–Crippen LogP) is 3.97. The summed E-state index contributed by atoms with van der Waals surface area (Å²) in [5.41, 5.74) is 2.41. The van der Waals surface area contributed by atoms with Gasteiger partial charge in [-0.1, -0.05) is 0 Å². The van der Waals surface area contributed by atoms with Crippen LogP contribution in [0.2, 0.25) is 0 Å². The van der Waals surface area contributed by atoms with Crippen LogP contribution in [0.5, 0.6) is 0 Å². The summed E-state index contributed by atoms with van der Waals surface area (Å²) in [6, 6.07) is 22.9. The number of carbonyl (C=O) groups is 5. The molecule has 7 rings (SSSR count). The first-order valence-corrected chi connectivity index (χ1v) is 22.7. The van der Waals surface area contributed by atoms with Crippen LogP contribution in [-0.2, 0) is 33.3 Å². The third-order valence-electron chi connectivity index (χ3n) is 10.4. The summed E-state index contributed by atoms with van der Waals surface area (Å²) in [5, 5.41) is 21.1. The molecule has 0 saturated carbocycles. The highest BCUT2D eigenvalue weighted by Gasteiger charge is 2.35. The smallest absolute Gasteiger partial charge is 0.414 e. The van der Waals surface area contributed by atoms with Gasteiger partial charge in [-0.15, -0.1) is 0 Å². The number of hydrogen-bond donors (Lipinski definition) is 4. The molecule has 4 aromatic rings. The lowest BCUT2D eigenvalue weighted by Crippen LogP contribution is -2.50. The number of piperazine rings is 1. The second kappa shape index (κ2) is 22.4. The van der Waals surface area contributed by atoms with Crippen LogP contribution >= 0.6 is 0 Å². The standard InChI is InChI=1S/C26H30FN5O5.C19H18FN3O6S/c1-2-36-23(33)17-31-13-11-30(12-14-31)15-22-16-32(26(35)37-22)21-9-5-18(6-10-21)24(28)29-25(34)19-3-7-20(27)8-4-19;1-30(26,27)28-11-16-10-23(19(25)29-16)15-8-4-12(5-9-15)17(21)22-18(24)13-2-6-14(20)7-3-13/h3-10,22H,2,11-17H2,1H3,(H2,28,29,34);2-9,16H,10-11H2,1H3,(H2,21,22,24). The van der Waals surface area contributed by atoms with E-state index in [0.717, 1.165) is 44.6 Å². The summed E-state index contributed by atoms with van der Waals surface area (Å²) >= 11 is 0. The number of rotatable bonds is 14. The minimum absolute atomic E-state index is 0.104. The van der Waals surface area contributed by atoms with E-state index >= 15 is 0 Å². The van der Waals surface area contributed by atoms with Crippen molar-refractivity contribution in [3.05, 3.63) is 131 Å². The van der Waals surface area contributed by atoms with E-state index in [2.05, 4.69) is 24.6 Å². The highest BCUT2D eigenvalue weighted by molar-refractivity contribution is 7.86. The average Bonchev–Trinajstić information content (AvgIpc) is 3.87. The van der Waals surface area contributed by atoms with E-state index in [4.69, 9.17) is 25.0 Å². The second-order valence-electron chi connectivity index (χ2n) is 15.4. The first kappa shape index (κ1) is 49.3. The minimum atomic E-state index is -3.65. The zero-order valence-electron chi connectivity index (χ0n) is 36.4. The molecule has 4 amide bonds. The zero-order valence-corrected chi connectivity index (χ0v) is 37.2. The van der Waals surface area contributed by atoms with E-state index in [-0.39, 0.29) is 54.6 Å². The lowest BCUT2D eigenvalue weighted by molar-refractivity contribution is -0.144. The molecule has 3 saturated heterocycles. The van der Waals surface area contributed by atoms with Gasteiger partial charge in [0.05, 0.1) is 32.5 Å². The summed E-state index contributed by atoms with van der Waals surface area (Å²) in [5.74, 6) is -2.47. The van der Waals surface area contributed by atoms with E-state index in [1.165, 1.54) is 53.4 Å². The average molecular weight is 947 g/mol. The van der Waals surface area contributed by atoms with Crippen LogP contribution in [0.25, 0.3) is 0 Å². The predicted molar refractivity (Wildman–Crippen MR) is 240 cm³/mol. The van der Waals surface area contributed by atoms with Gasteiger partial charge in [0.1, 0.15) is 42.1 Å². The molecule has 0 aromatic heterocycles. The molecule has 3 aliphatic rings. The topological polar surface area (TPSA) is 241 Å². The number of anilines is 2. The first-order chi connectivity index (χ1) is 31.9. The van der Waals surface area contributed by atoms with E-state index in [0.29, 0.717) is 42.2 Å². The van der Waals surface area contributed by atoms with Gasteiger partial charge in [-0.2, -0.15) is 8.42 Å². The monoisotopic (exact) mass is 946 g/mol. The number of carbonyl (C=O) groups excluding carboxylic acids is 5. The Balaban J connectivity index is 0.000000226. The third-order valence-corrected chi connectivity index (χ3v) is 11.0. The largest absolute Gasteiger partial charge is 0.465 e. The minimum Gasteiger partial charge on any atom is -0.465 e. The Hall–Kier alpha value is -7.14. The number of amidine groups is 2. The van der Waals surface area contributed by atoms with Gasteiger partial charge < -0.3 is 24.8 Å². The number of cyclic esters (lactones) is 2. The molecular weight excluding hydrogens is 899 g/mol. The van der Waals surface area contributed by atoms with Crippen molar-refractivity contribution in [1.29, 1.82) is 10.8 Å². The maximum absolute atomic E-state index is 13.1. The van der Waals surface area contributed by atoms with E-state index in [1.54, 1.807) is 48.2 Å². The molecule has 3 fully saturated rings. The van der Waals surface area contributed by atoms with Crippen molar-refractivity contribution in [2.75, 3.05) is 81.6 Å². The Kier molecular flexibility index (Phi) is 16.5. The van der Waals surface area contributed by atoms with Crippen LogP contribution in [0.1, 0.15) is 38.8 Å². The number of esters is 1. The Morgan fingerprint density at radius 1 is 0.657 bits per heavy atom. The maximum Gasteiger partial charge on any atom is 0.414 e. The molecule has 4 aromatic carbocycles. The van der Waals surface area contributed by atoms with Crippen LogP contribution < -0.4 is 20.4 Å². The van der Waals surface area contributed by atoms with Crippen LogP contribution in [-0.4, -0.2) is 144 Å². The Labute approximate surface area is 384 Å². The molecule has 3 heterocycles. The molecule has 3 aliphatic heterocycles. The summed E-state index contributed by atoms with van der Waals surface area (Å²) in [7, 11) is -3.65. The number of amides is 4. The summed E-state index contributed by atoms with van der Waals surface area (Å²) in [4.78, 5) is 67.7. The number of hydrogen-bond acceptors (Lipinski definition) is 15. The first-order valence-electron chi connectivity index (χ1n) is 20.9. The molecule has 0 aliphatic carbocycles. The third kappa shape index (κ3) is 14.2. The fraction of sp³-hybridized carbons (Fsp3) is 0.311. The number of ether oxygens (including phenoxy) is 3. The molecular formula is C45H48F2N8O11S. The fourth-order valence-corrected chi connectivity index (χ4v) is 7.39. The normalized spacial score (nSPS) is 17.4. The zero-order chi connectivity index (χ0) is 48.3. The van der Waals surface area contributed by atoms with Gasteiger partial charge in [-0.3, -0.25) is 49.0 Å². The number of nitrogens with one attached hydrogen (secondary N) is 4. The lowest BCUT2D eigenvalue weighted by Gasteiger charge is -2.34. The van der Waals surface area contributed by atoms with E-state index < -0.39 is 51.9 Å². The highest BCUT2D eigenvalue weighted by atomic mass is 32.2. The van der Waals surface area contributed by atoms with Crippen molar-refractivity contribution in [3.8, 4) is 0 Å². The molecule has 0 radical (unpaired) electrons. The van der Waals surface area contributed by atoms with Gasteiger partial charge in [0, 0.05) is 66.4 Å². The van der Waals surface area contributed by atoms with E-state index in [9.17, 15) is 41.2 Å². The van der Waals surface area contributed by atoms with Crippen LogP contribution in [0.3, 0.4) is 0 Å². The lowest BCUT2D eigenvalue weighted by atomic mass is 10.1. The van der Waals surface area contributed by atoms with Crippen LogP contribution in [0, 0.1) is 22.5 Å². The van der Waals surface area contributed by atoms with Crippen molar-refractivity contribution in [3.63, 3.8) is 0 Å². The maximum atomic E-state index is 13.1. The van der Waals surface area contributed by atoms with Crippen molar-refractivity contribution in [2.24, 2.45) is 0 Å². The second-order valence-corrected chi connectivity index (χ2v) is 17.0. The quantitative estimate of drug-likeness (QED) is 0.0461. The molecule has 4 N–H and O–H groups in total. The molecule has 0 spiro atoms. The van der Waals surface area contributed by atoms with Gasteiger partial charge >= 0.3 is 18.2 Å². The summed E-state index contributed by atoms with van der Waals surface area (Å²) in [6.45, 7) is 6.32. The van der Waals surface area contributed by atoms with Gasteiger partial charge in [0.2, 0.25) is 0 Å². The van der Waals surface area contributed by atoms with Crippen LogP contribution in [0.15, 0.2) is 97.1 Å². The molecule has 2 unspecified atom stereocenters. The van der Waals surface area contributed by atoms with Gasteiger partial charge in [-0.25, -0.2) is 18.4 Å². The fourth-order valence-electron chi connectivity index (χ4n) is 6.99. The molecule has 22 heteroatoms. The molecule has 354 valence electrons. The van der Waals surface area contributed by atoms with Crippen molar-refractivity contribution >= 4 is 63.1 Å². The number of benzene rings is 4. The highest BCUT2D eigenvalue weighted by Crippen LogP contribution is 2.24. The Morgan fingerprint density at radius 2 is 1.06 bits per heavy atom. The van der Waals surface area contributed by atoms with Crippen molar-refractivity contribution in [2.45, 2.75) is 19.1 Å². The Morgan fingerprint density at radius 3 is 1.49 bits per heavy atom. The molecule has 67 heavy (non-hydrogen) atoms. The molecule has 19 nitrogen and oxygen atoms in total. The van der Waals surface area contributed by atoms with Gasteiger partial charge in [0.25, 0.3) is 21.9 Å². The van der Waals surface area contributed by atoms with Crippen LogP contribution in [0.4, 0.5) is 29.7 Å². The number of nitrogens with zero attached hydrogens (tertiary/aromatic N) is 4. The summed E-state index contributed by atoms with van der Waals surface area (Å²) < 4.78 is 68.4. The molecule has 0 bridgehead atoms. The van der Waals surface area contributed by atoms with Crippen molar-refractivity contribution in [1.82, 2.24) is 20.4 Å². The van der Waals surface area contributed by atoms with Crippen molar-refractivity contribution < 1.29 is 59.6 Å².